The third-order valence-corrected chi connectivity index (χ3v) is 4.02. The van der Waals surface area contributed by atoms with Gasteiger partial charge in [0.2, 0.25) is 5.91 Å². The van der Waals surface area contributed by atoms with E-state index in [2.05, 4.69) is 48.7 Å². The molecule has 2 unspecified atom stereocenters. The number of carbonyl (C=O) groups excluding carboxylic acids is 1. The van der Waals surface area contributed by atoms with E-state index < -0.39 is 0 Å². The van der Waals surface area contributed by atoms with Gasteiger partial charge in [0.05, 0.1) is 0 Å². The highest BCUT2D eigenvalue weighted by atomic mass is 16.1. The first-order valence-corrected chi connectivity index (χ1v) is 7.72. The number of rotatable bonds is 5. The van der Waals surface area contributed by atoms with Crippen molar-refractivity contribution in [3.05, 3.63) is 35.4 Å². The Bertz CT molecular complexity index is 427. The maximum atomic E-state index is 11.9. The van der Waals surface area contributed by atoms with Crippen LogP contribution in [0.4, 0.5) is 0 Å². The highest BCUT2D eigenvalue weighted by Crippen LogP contribution is 2.11. The lowest BCUT2D eigenvalue weighted by Gasteiger charge is -2.28. The molecule has 3 nitrogen and oxygen atoms in total. The number of benzene rings is 1. The molecule has 1 fully saturated rings. The fraction of sp³-hybridized carbons (Fsp3) is 0.588. The number of aryl methyl sites for hydroxylation is 2. The van der Waals surface area contributed by atoms with Gasteiger partial charge in [0, 0.05) is 25.0 Å². The first-order chi connectivity index (χ1) is 9.63. The average Bonchev–Trinajstić information content (AvgIpc) is 2.45. The van der Waals surface area contributed by atoms with Gasteiger partial charge in [-0.05, 0) is 38.7 Å². The lowest BCUT2D eigenvalue weighted by Crippen LogP contribution is -2.47. The number of piperidine rings is 1. The van der Waals surface area contributed by atoms with Gasteiger partial charge < -0.3 is 10.6 Å². The summed E-state index contributed by atoms with van der Waals surface area (Å²) < 4.78 is 0. The number of carbonyl (C=O) groups is 1. The van der Waals surface area contributed by atoms with E-state index in [9.17, 15) is 4.79 Å². The second kappa shape index (κ2) is 7.44. The molecule has 1 aromatic carbocycles. The molecule has 1 aliphatic heterocycles. The molecular formula is C17H26N2O. The monoisotopic (exact) mass is 274 g/mol. The van der Waals surface area contributed by atoms with Gasteiger partial charge in [0.15, 0.2) is 0 Å². The molecule has 3 heteroatoms. The molecule has 0 aromatic heterocycles. The molecule has 0 bridgehead atoms. The fourth-order valence-corrected chi connectivity index (χ4v) is 2.74. The lowest BCUT2D eigenvalue weighted by atomic mass is 9.99. The molecule has 0 spiro atoms. The van der Waals surface area contributed by atoms with Crippen LogP contribution in [0.2, 0.25) is 0 Å². The second-order valence-electron chi connectivity index (χ2n) is 5.99. The summed E-state index contributed by atoms with van der Waals surface area (Å²) in [6.45, 7) is 5.05. The third-order valence-electron chi connectivity index (χ3n) is 4.02. The van der Waals surface area contributed by atoms with Gasteiger partial charge in [-0.25, -0.2) is 0 Å². The molecule has 1 aromatic rings. The summed E-state index contributed by atoms with van der Waals surface area (Å²) >= 11 is 0. The summed E-state index contributed by atoms with van der Waals surface area (Å²) in [5.41, 5.74) is 2.49. The quantitative estimate of drug-likeness (QED) is 0.866. The van der Waals surface area contributed by atoms with Crippen molar-refractivity contribution in [3.63, 3.8) is 0 Å². The summed E-state index contributed by atoms with van der Waals surface area (Å²) in [6, 6.07) is 9.43. The summed E-state index contributed by atoms with van der Waals surface area (Å²) in [5, 5.41) is 6.59. The standard InChI is InChI=1S/C17H26N2O/c1-13-6-8-15(9-7-13)10-11-17(20)18-12-16-5-3-4-14(2)19-16/h6-9,14,16,19H,3-5,10-12H2,1-2H3,(H,18,20). The van der Waals surface area contributed by atoms with Crippen LogP contribution >= 0.6 is 0 Å². The van der Waals surface area contributed by atoms with E-state index in [0.717, 1.165) is 13.0 Å². The van der Waals surface area contributed by atoms with E-state index in [1.165, 1.54) is 30.4 Å². The number of hydrogen-bond acceptors (Lipinski definition) is 2. The molecule has 20 heavy (non-hydrogen) atoms. The Morgan fingerprint density at radius 3 is 2.75 bits per heavy atom. The Balaban J connectivity index is 1.66. The van der Waals surface area contributed by atoms with Crippen molar-refractivity contribution in [2.45, 2.75) is 58.0 Å². The largest absolute Gasteiger partial charge is 0.355 e. The molecule has 2 rings (SSSR count). The van der Waals surface area contributed by atoms with Crippen LogP contribution in [-0.2, 0) is 11.2 Å². The van der Waals surface area contributed by atoms with Crippen molar-refractivity contribution < 1.29 is 4.79 Å². The Kier molecular flexibility index (Phi) is 5.60. The first kappa shape index (κ1) is 15.0. The minimum absolute atomic E-state index is 0.158. The Morgan fingerprint density at radius 2 is 2.05 bits per heavy atom. The summed E-state index contributed by atoms with van der Waals surface area (Å²) in [6.07, 6.45) is 5.07. The maximum absolute atomic E-state index is 11.9. The Hall–Kier alpha value is -1.35. The van der Waals surface area contributed by atoms with Crippen LogP contribution < -0.4 is 10.6 Å². The van der Waals surface area contributed by atoms with Gasteiger partial charge in [-0.1, -0.05) is 36.2 Å². The van der Waals surface area contributed by atoms with Crippen molar-refractivity contribution in [1.82, 2.24) is 10.6 Å². The van der Waals surface area contributed by atoms with Crippen molar-refractivity contribution >= 4 is 5.91 Å². The summed E-state index contributed by atoms with van der Waals surface area (Å²) in [4.78, 5) is 11.9. The van der Waals surface area contributed by atoms with Crippen LogP contribution in [0, 0.1) is 6.92 Å². The van der Waals surface area contributed by atoms with Crippen LogP contribution in [0.5, 0.6) is 0 Å². The molecule has 110 valence electrons. The molecule has 0 radical (unpaired) electrons. The zero-order valence-electron chi connectivity index (χ0n) is 12.6. The van der Waals surface area contributed by atoms with Crippen molar-refractivity contribution in [1.29, 1.82) is 0 Å². The van der Waals surface area contributed by atoms with E-state index in [4.69, 9.17) is 0 Å². The van der Waals surface area contributed by atoms with E-state index in [-0.39, 0.29) is 5.91 Å². The van der Waals surface area contributed by atoms with Crippen LogP contribution in [0.3, 0.4) is 0 Å². The van der Waals surface area contributed by atoms with Gasteiger partial charge in [-0.15, -0.1) is 0 Å². The highest BCUT2D eigenvalue weighted by Gasteiger charge is 2.17. The number of hydrogen-bond donors (Lipinski definition) is 2. The van der Waals surface area contributed by atoms with E-state index >= 15 is 0 Å². The van der Waals surface area contributed by atoms with E-state index in [1.807, 2.05) is 0 Å². The first-order valence-electron chi connectivity index (χ1n) is 7.72. The van der Waals surface area contributed by atoms with Crippen LogP contribution in [0.1, 0.15) is 43.7 Å². The van der Waals surface area contributed by atoms with Gasteiger partial charge in [0.25, 0.3) is 0 Å². The maximum Gasteiger partial charge on any atom is 0.220 e. The zero-order chi connectivity index (χ0) is 14.4. The lowest BCUT2D eigenvalue weighted by molar-refractivity contribution is -0.121. The van der Waals surface area contributed by atoms with Gasteiger partial charge in [-0.2, -0.15) is 0 Å². The summed E-state index contributed by atoms with van der Waals surface area (Å²) in [5.74, 6) is 0.158. The van der Waals surface area contributed by atoms with Gasteiger partial charge in [0.1, 0.15) is 0 Å². The molecule has 1 amide bonds. The SMILES string of the molecule is Cc1ccc(CCC(=O)NCC2CCCC(C)N2)cc1. The van der Waals surface area contributed by atoms with Gasteiger partial charge in [-0.3, -0.25) is 4.79 Å². The van der Waals surface area contributed by atoms with Crippen LogP contribution in [0.15, 0.2) is 24.3 Å². The van der Waals surface area contributed by atoms with E-state index in [0.29, 0.717) is 18.5 Å². The fourth-order valence-electron chi connectivity index (χ4n) is 2.74. The third kappa shape index (κ3) is 4.97. The van der Waals surface area contributed by atoms with Crippen molar-refractivity contribution in [2.24, 2.45) is 0 Å². The van der Waals surface area contributed by atoms with E-state index in [1.54, 1.807) is 0 Å². The van der Waals surface area contributed by atoms with Crippen LogP contribution in [-0.4, -0.2) is 24.5 Å². The minimum atomic E-state index is 0.158. The Labute approximate surface area is 122 Å². The smallest absolute Gasteiger partial charge is 0.220 e. The summed E-state index contributed by atoms with van der Waals surface area (Å²) in [7, 11) is 0. The Morgan fingerprint density at radius 1 is 1.30 bits per heavy atom. The van der Waals surface area contributed by atoms with Crippen molar-refractivity contribution in [3.8, 4) is 0 Å². The topological polar surface area (TPSA) is 41.1 Å². The predicted molar refractivity (Wildman–Crippen MR) is 82.7 cm³/mol. The highest BCUT2D eigenvalue weighted by molar-refractivity contribution is 5.76. The van der Waals surface area contributed by atoms with Gasteiger partial charge >= 0.3 is 0 Å². The average molecular weight is 274 g/mol. The normalized spacial score (nSPS) is 22.5. The second-order valence-corrected chi connectivity index (χ2v) is 5.99. The zero-order valence-corrected chi connectivity index (χ0v) is 12.6. The predicted octanol–water partition coefficient (Wildman–Crippen LogP) is 2.57. The van der Waals surface area contributed by atoms with Crippen molar-refractivity contribution in [2.75, 3.05) is 6.54 Å². The molecule has 1 saturated heterocycles. The molecule has 1 aliphatic rings. The molecule has 0 aliphatic carbocycles. The molecule has 0 saturated carbocycles. The molecule has 1 heterocycles. The minimum Gasteiger partial charge on any atom is -0.355 e. The number of amides is 1. The molecule has 2 N–H and O–H groups in total. The van der Waals surface area contributed by atoms with Crippen LogP contribution in [0.25, 0.3) is 0 Å². The number of nitrogens with one attached hydrogen (secondary N) is 2. The molecule has 2 atom stereocenters. The molecular weight excluding hydrogens is 248 g/mol.